The Kier molecular flexibility index (Phi) is 4.16. The molecule has 0 radical (unpaired) electrons. The van der Waals surface area contributed by atoms with Crippen LogP contribution < -0.4 is 0 Å². The zero-order valence-electron chi connectivity index (χ0n) is 13.7. The highest BCUT2D eigenvalue weighted by molar-refractivity contribution is 7.89. The van der Waals surface area contributed by atoms with Crippen LogP contribution in [0, 0.1) is 6.92 Å². The first-order chi connectivity index (χ1) is 10.9. The SMILES string of the molecule is CCC1(C)COCCN1S(=O)(=O)c1cccc2cc(C)cnc12. The second kappa shape index (κ2) is 5.85. The third-order valence-corrected chi connectivity index (χ3v) is 6.68. The molecular weight excluding hydrogens is 312 g/mol. The minimum Gasteiger partial charge on any atom is -0.378 e. The highest BCUT2D eigenvalue weighted by Gasteiger charge is 2.42. The summed E-state index contributed by atoms with van der Waals surface area (Å²) in [4.78, 5) is 4.65. The predicted octanol–water partition coefficient (Wildman–Crippen LogP) is 2.73. The summed E-state index contributed by atoms with van der Waals surface area (Å²) in [7, 11) is -3.63. The molecule has 2 aromatic rings. The molecule has 0 saturated carbocycles. The van der Waals surface area contributed by atoms with Gasteiger partial charge in [-0.3, -0.25) is 4.98 Å². The van der Waals surface area contributed by atoms with Crippen LogP contribution in [0.25, 0.3) is 10.9 Å². The topological polar surface area (TPSA) is 59.5 Å². The van der Waals surface area contributed by atoms with E-state index in [9.17, 15) is 8.42 Å². The molecule has 1 unspecified atom stereocenters. The Morgan fingerprint density at radius 1 is 1.39 bits per heavy atom. The lowest BCUT2D eigenvalue weighted by atomic mass is 9.99. The Bertz CT molecular complexity index is 835. The van der Waals surface area contributed by atoms with E-state index in [4.69, 9.17) is 4.74 Å². The number of sulfonamides is 1. The maximum atomic E-state index is 13.3. The van der Waals surface area contributed by atoms with E-state index in [1.807, 2.05) is 32.9 Å². The molecule has 3 rings (SSSR count). The number of rotatable bonds is 3. The third-order valence-electron chi connectivity index (χ3n) is 4.59. The maximum absolute atomic E-state index is 13.3. The average Bonchev–Trinajstić information content (AvgIpc) is 2.54. The lowest BCUT2D eigenvalue weighted by Gasteiger charge is -2.42. The van der Waals surface area contributed by atoms with Gasteiger partial charge in [-0.25, -0.2) is 8.42 Å². The van der Waals surface area contributed by atoms with Gasteiger partial charge < -0.3 is 4.74 Å². The van der Waals surface area contributed by atoms with Crippen LogP contribution in [0.1, 0.15) is 25.8 Å². The summed E-state index contributed by atoms with van der Waals surface area (Å²) in [6.07, 6.45) is 2.41. The number of morpholine rings is 1. The number of ether oxygens (including phenoxy) is 1. The molecule has 6 heteroatoms. The van der Waals surface area contributed by atoms with Crippen molar-refractivity contribution >= 4 is 20.9 Å². The molecule has 0 bridgehead atoms. The number of pyridine rings is 1. The second-order valence-corrected chi connectivity index (χ2v) is 8.15. The van der Waals surface area contributed by atoms with Crippen molar-refractivity contribution in [3.05, 3.63) is 36.0 Å². The number of fused-ring (bicyclic) bond motifs is 1. The Morgan fingerprint density at radius 2 is 2.17 bits per heavy atom. The minimum absolute atomic E-state index is 0.275. The largest absolute Gasteiger partial charge is 0.378 e. The molecule has 1 saturated heterocycles. The van der Waals surface area contributed by atoms with E-state index in [0.29, 0.717) is 31.7 Å². The monoisotopic (exact) mass is 334 g/mol. The van der Waals surface area contributed by atoms with Crippen LogP contribution in [-0.4, -0.2) is 43.0 Å². The second-order valence-electron chi connectivity index (χ2n) is 6.32. The Morgan fingerprint density at radius 3 is 2.91 bits per heavy atom. The van der Waals surface area contributed by atoms with Gasteiger partial charge in [-0.1, -0.05) is 19.1 Å². The number of hydrogen-bond donors (Lipinski definition) is 0. The number of aryl methyl sites for hydroxylation is 1. The predicted molar refractivity (Wildman–Crippen MR) is 89.9 cm³/mol. The molecule has 0 aliphatic carbocycles. The van der Waals surface area contributed by atoms with E-state index >= 15 is 0 Å². The van der Waals surface area contributed by atoms with Crippen LogP contribution in [0.2, 0.25) is 0 Å². The molecule has 1 atom stereocenters. The first-order valence-corrected chi connectivity index (χ1v) is 9.28. The molecule has 2 heterocycles. The van der Waals surface area contributed by atoms with Crippen molar-refractivity contribution in [3.8, 4) is 0 Å². The van der Waals surface area contributed by atoms with Crippen molar-refractivity contribution in [2.24, 2.45) is 0 Å². The summed E-state index contributed by atoms with van der Waals surface area (Å²) >= 11 is 0. The summed E-state index contributed by atoms with van der Waals surface area (Å²) in [5.41, 5.74) is 1.02. The van der Waals surface area contributed by atoms with Gasteiger partial charge in [0.1, 0.15) is 4.90 Å². The zero-order chi connectivity index (χ0) is 16.7. The highest BCUT2D eigenvalue weighted by Crippen LogP contribution is 2.32. The van der Waals surface area contributed by atoms with E-state index in [-0.39, 0.29) is 4.90 Å². The zero-order valence-corrected chi connectivity index (χ0v) is 14.6. The van der Waals surface area contributed by atoms with Crippen molar-refractivity contribution in [2.45, 2.75) is 37.6 Å². The van der Waals surface area contributed by atoms with Crippen LogP contribution in [0.3, 0.4) is 0 Å². The molecule has 0 N–H and O–H groups in total. The molecule has 124 valence electrons. The molecule has 5 nitrogen and oxygen atoms in total. The number of nitrogens with zero attached hydrogens (tertiary/aromatic N) is 2. The number of para-hydroxylation sites is 1. The summed E-state index contributed by atoms with van der Waals surface area (Å²) < 4.78 is 33.7. The van der Waals surface area contributed by atoms with Crippen LogP contribution in [0.5, 0.6) is 0 Å². The number of aromatic nitrogens is 1. The molecule has 0 spiro atoms. The Balaban J connectivity index is 2.16. The molecule has 1 aliphatic rings. The van der Waals surface area contributed by atoms with Gasteiger partial charge in [0.05, 0.1) is 24.3 Å². The lowest BCUT2D eigenvalue weighted by molar-refractivity contribution is -0.0185. The summed E-state index contributed by atoms with van der Waals surface area (Å²) in [5, 5.41) is 0.845. The number of benzene rings is 1. The van der Waals surface area contributed by atoms with Crippen LogP contribution in [0.4, 0.5) is 0 Å². The molecule has 1 aromatic heterocycles. The van der Waals surface area contributed by atoms with Gasteiger partial charge >= 0.3 is 0 Å². The van der Waals surface area contributed by atoms with Gasteiger partial charge in [-0.05, 0) is 38.0 Å². The van der Waals surface area contributed by atoms with Gasteiger partial charge in [-0.15, -0.1) is 0 Å². The third kappa shape index (κ3) is 2.75. The first kappa shape index (κ1) is 16.4. The van der Waals surface area contributed by atoms with Crippen molar-refractivity contribution in [3.63, 3.8) is 0 Å². The van der Waals surface area contributed by atoms with E-state index < -0.39 is 15.6 Å². The quantitative estimate of drug-likeness (QED) is 0.866. The fraction of sp³-hybridized carbons (Fsp3) is 0.471. The first-order valence-electron chi connectivity index (χ1n) is 7.84. The van der Waals surface area contributed by atoms with Crippen LogP contribution in [-0.2, 0) is 14.8 Å². The molecule has 1 aromatic carbocycles. The Labute approximate surface area is 137 Å². The standard InChI is InChI=1S/C17H22N2O3S/c1-4-17(3)12-22-9-8-19(17)23(20,21)15-7-5-6-14-10-13(2)11-18-16(14)15/h5-7,10-11H,4,8-9,12H2,1-3H3. The van der Waals surface area contributed by atoms with Gasteiger partial charge in [0.15, 0.2) is 0 Å². The summed E-state index contributed by atoms with van der Waals surface area (Å²) in [6, 6.07) is 7.28. The fourth-order valence-corrected chi connectivity index (χ4v) is 5.02. The van der Waals surface area contributed by atoms with E-state index in [0.717, 1.165) is 10.9 Å². The fourth-order valence-electron chi connectivity index (χ4n) is 3.04. The normalized spacial score (nSPS) is 23.3. The van der Waals surface area contributed by atoms with E-state index in [1.54, 1.807) is 22.6 Å². The van der Waals surface area contributed by atoms with E-state index in [1.165, 1.54) is 0 Å². The summed E-state index contributed by atoms with van der Waals surface area (Å²) in [5.74, 6) is 0. The van der Waals surface area contributed by atoms with Crippen molar-refractivity contribution in [2.75, 3.05) is 19.8 Å². The van der Waals surface area contributed by atoms with Gasteiger partial charge in [0, 0.05) is 18.1 Å². The van der Waals surface area contributed by atoms with Crippen molar-refractivity contribution < 1.29 is 13.2 Å². The summed E-state index contributed by atoms with van der Waals surface area (Å²) in [6.45, 7) is 7.08. The van der Waals surface area contributed by atoms with Gasteiger partial charge in [0.25, 0.3) is 0 Å². The Hall–Kier alpha value is -1.50. The highest BCUT2D eigenvalue weighted by atomic mass is 32.2. The molecular formula is C17H22N2O3S. The average molecular weight is 334 g/mol. The lowest BCUT2D eigenvalue weighted by Crippen LogP contribution is -2.56. The van der Waals surface area contributed by atoms with Crippen molar-refractivity contribution in [1.29, 1.82) is 0 Å². The molecule has 1 fully saturated rings. The van der Waals surface area contributed by atoms with Gasteiger partial charge in [-0.2, -0.15) is 4.31 Å². The van der Waals surface area contributed by atoms with Gasteiger partial charge in [0.2, 0.25) is 10.0 Å². The van der Waals surface area contributed by atoms with Crippen LogP contribution >= 0.6 is 0 Å². The maximum Gasteiger partial charge on any atom is 0.245 e. The smallest absolute Gasteiger partial charge is 0.245 e. The molecule has 1 aliphatic heterocycles. The molecule has 23 heavy (non-hydrogen) atoms. The van der Waals surface area contributed by atoms with Crippen LogP contribution in [0.15, 0.2) is 35.4 Å². The molecule has 0 amide bonds. The number of hydrogen-bond acceptors (Lipinski definition) is 4. The van der Waals surface area contributed by atoms with E-state index in [2.05, 4.69) is 4.98 Å². The minimum atomic E-state index is -3.63. The van der Waals surface area contributed by atoms with Crippen molar-refractivity contribution in [1.82, 2.24) is 9.29 Å².